The third-order valence-corrected chi connectivity index (χ3v) is 4.09. The monoisotopic (exact) mass is 352 g/mol. The van der Waals surface area contributed by atoms with Gasteiger partial charge in [0.25, 0.3) is 0 Å². The highest BCUT2D eigenvalue weighted by atomic mass is 79.9. The van der Waals surface area contributed by atoms with Crippen molar-refractivity contribution in [2.24, 2.45) is 5.84 Å². The predicted octanol–water partition coefficient (Wildman–Crippen LogP) is 3.65. The molecule has 3 nitrogen and oxygen atoms in total. The third-order valence-electron chi connectivity index (χ3n) is 3.40. The second-order valence-corrected chi connectivity index (χ2v) is 5.76. The summed E-state index contributed by atoms with van der Waals surface area (Å²) in [6, 6.07) is 10.5. The number of hydrogen-bond acceptors (Lipinski definition) is 3. The van der Waals surface area contributed by atoms with Gasteiger partial charge in [0.2, 0.25) is 0 Å². The average molecular weight is 353 g/mol. The summed E-state index contributed by atoms with van der Waals surface area (Å²) in [4.78, 5) is 0. The summed E-state index contributed by atoms with van der Waals surface area (Å²) >= 11 is 3.39. The second kappa shape index (κ2) is 7.02. The molecule has 0 fully saturated rings. The molecule has 0 aliphatic carbocycles. The zero-order valence-corrected chi connectivity index (χ0v) is 13.6. The predicted molar refractivity (Wildman–Crippen MR) is 85.6 cm³/mol. The average Bonchev–Trinajstić information content (AvgIpc) is 2.45. The maximum absolute atomic E-state index is 13.2. The van der Waals surface area contributed by atoms with Crippen LogP contribution in [-0.4, -0.2) is 7.11 Å². The van der Waals surface area contributed by atoms with Crippen molar-refractivity contribution in [2.75, 3.05) is 7.11 Å². The highest BCUT2D eigenvalue weighted by molar-refractivity contribution is 9.10. The number of hydrogen-bond donors (Lipinski definition) is 2. The van der Waals surface area contributed by atoms with Crippen molar-refractivity contribution in [3.8, 4) is 5.75 Å². The van der Waals surface area contributed by atoms with Crippen LogP contribution in [0.1, 0.15) is 22.7 Å². The molecule has 0 aromatic heterocycles. The highest BCUT2D eigenvalue weighted by Gasteiger charge is 2.16. The Morgan fingerprint density at radius 2 is 2.05 bits per heavy atom. The maximum atomic E-state index is 13.2. The van der Waals surface area contributed by atoms with Gasteiger partial charge in [-0.2, -0.15) is 0 Å². The fourth-order valence-electron chi connectivity index (χ4n) is 2.33. The quantitative estimate of drug-likeness (QED) is 0.637. The van der Waals surface area contributed by atoms with Gasteiger partial charge < -0.3 is 4.74 Å². The first kappa shape index (κ1) is 15.9. The molecule has 0 heterocycles. The minimum absolute atomic E-state index is 0.143. The van der Waals surface area contributed by atoms with E-state index in [4.69, 9.17) is 10.6 Å². The Labute approximate surface area is 132 Å². The summed E-state index contributed by atoms with van der Waals surface area (Å²) in [6.07, 6.45) is 0.644. The van der Waals surface area contributed by atoms with Crippen molar-refractivity contribution in [1.29, 1.82) is 0 Å². The number of rotatable bonds is 5. The summed E-state index contributed by atoms with van der Waals surface area (Å²) in [5.74, 6) is 6.22. The van der Waals surface area contributed by atoms with Gasteiger partial charge in [-0.05, 0) is 42.7 Å². The molecule has 0 aliphatic heterocycles. The van der Waals surface area contributed by atoms with Crippen molar-refractivity contribution in [3.63, 3.8) is 0 Å². The van der Waals surface area contributed by atoms with Crippen LogP contribution in [0.5, 0.6) is 5.75 Å². The number of nitrogens with two attached hydrogens (primary N) is 1. The van der Waals surface area contributed by atoms with Crippen LogP contribution >= 0.6 is 15.9 Å². The molecule has 0 spiro atoms. The first-order chi connectivity index (χ1) is 10.0. The van der Waals surface area contributed by atoms with Gasteiger partial charge in [0.05, 0.1) is 13.2 Å². The van der Waals surface area contributed by atoms with Crippen LogP contribution in [0.2, 0.25) is 0 Å². The second-order valence-electron chi connectivity index (χ2n) is 4.90. The summed E-state index contributed by atoms with van der Waals surface area (Å²) in [6.45, 7) is 2.03. The Hall–Kier alpha value is -1.43. The fourth-order valence-corrected chi connectivity index (χ4v) is 2.96. The first-order valence-corrected chi connectivity index (χ1v) is 7.39. The molecule has 0 amide bonds. The Morgan fingerprint density at radius 1 is 1.29 bits per heavy atom. The molecule has 0 saturated heterocycles. The summed E-state index contributed by atoms with van der Waals surface area (Å²) in [5.41, 5.74) is 5.90. The third kappa shape index (κ3) is 3.81. The molecule has 1 unspecified atom stereocenters. The molecule has 112 valence electrons. The van der Waals surface area contributed by atoms with E-state index < -0.39 is 0 Å². The van der Waals surface area contributed by atoms with E-state index in [0.29, 0.717) is 10.9 Å². The van der Waals surface area contributed by atoms with Crippen molar-refractivity contribution in [3.05, 3.63) is 63.4 Å². The molecule has 2 aromatic carbocycles. The van der Waals surface area contributed by atoms with Crippen LogP contribution in [-0.2, 0) is 6.42 Å². The van der Waals surface area contributed by atoms with Crippen molar-refractivity contribution in [2.45, 2.75) is 19.4 Å². The molecule has 3 N–H and O–H groups in total. The van der Waals surface area contributed by atoms with Gasteiger partial charge in [-0.15, -0.1) is 0 Å². The zero-order valence-electron chi connectivity index (χ0n) is 12.0. The number of nitrogens with one attached hydrogen (secondary N) is 1. The van der Waals surface area contributed by atoms with Gasteiger partial charge in [-0.25, -0.2) is 4.39 Å². The standard InChI is InChI=1S/C16H18BrFN2O/c1-10-3-6-16(21-2)11(7-10)8-15(20-19)13-5-4-12(18)9-14(13)17/h3-7,9,15,20H,8,19H2,1-2H3. The molecular weight excluding hydrogens is 335 g/mol. The van der Waals surface area contributed by atoms with Gasteiger partial charge in [-0.3, -0.25) is 11.3 Å². The number of halogens is 2. The Kier molecular flexibility index (Phi) is 5.33. The molecule has 1 atom stereocenters. The van der Waals surface area contributed by atoms with E-state index in [-0.39, 0.29) is 11.9 Å². The van der Waals surface area contributed by atoms with E-state index in [1.54, 1.807) is 13.2 Å². The van der Waals surface area contributed by atoms with Gasteiger partial charge in [-0.1, -0.05) is 39.7 Å². The van der Waals surface area contributed by atoms with Gasteiger partial charge in [0, 0.05) is 4.47 Å². The maximum Gasteiger partial charge on any atom is 0.124 e. The minimum Gasteiger partial charge on any atom is -0.496 e. The SMILES string of the molecule is COc1ccc(C)cc1CC(NN)c1ccc(F)cc1Br. The van der Waals surface area contributed by atoms with Crippen LogP contribution in [0.15, 0.2) is 40.9 Å². The van der Waals surface area contributed by atoms with E-state index in [9.17, 15) is 4.39 Å². The number of benzene rings is 2. The van der Waals surface area contributed by atoms with E-state index >= 15 is 0 Å². The van der Waals surface area contributed by atoms with Crippen molar-refractivity contribution >= 4 is 15.9 Å². The number of hydrazine groups is 1. The van der Waals surface area contributed by atoms with Crippen molar-refractivity contribution in [1.82, 2.24) is 5.43 Å². The molecule has 0 radical (unpaired) electrons. The lowest BCUT2D eigenvalue weighted by Crippen LogP contribution is -2.30. The van der Waals surface area contributed by atoms with E-state index in [1.165, 1.54) is 12.1 Å². The van der Waals surface area contributed by atoms with Crippen LogP contribution in [0.4, 0.5) is 4.39 Å². The van der Waals surface area contributed by atoms with E-state index in [0.717, 1.165) is 22.4 Å². The fraction of sp³-hybridized carbons (Fsp3) is 0.250. The topological polar surface area (TPSA) is 47.3 Å². The zero-order chi connectivity index (χ0) is 15.4. The molecule has 0 bridgehead atoms. The lowest BCUT2D eigenvalue weighted by Gasteiger charge is -2.19. The Balaban J connectivity index is 2.33. The Bertz CT molecular complexity index is 634. The first-order valence-electron chi connectivity index (χ1n) is 6.59. The minimum atomic E-state index is -0.283. The van der Waals surface area contributed by atoms with Gasteiger partial charge in [0.15, 0.2) is 0 Å². The molecule has 21 heavy (non-hydrogen) atoms. The van der Waals surface area contributed by atoms with Gasteiger partial charge >= 0.3 is 0 Å². The van der Waals surface area contributed by atoms with Crippen LogP contribution in [0.25, 0.3) is 0 Å². The lowest BCUT2D eigenvalue weighted by molar-refractivity contribution is 0.405. The molecule has 2 rings (SSSR count). The largest absolute Gasteiger partial charge is 0.496 e. The summed E-state index contributed by atoms with van der Waals surface area (Å²) in [7, 11) is 1.65. The molecule has 2 aromatic rings. The van der Waals surface area contributed by atoms with E-state index in [1.807, 2.05) is 19.1 Å². The van der Waals surface area contributed by atoms with E-state index in [2.05, 4.69) is 27.4 Å². The normalized spacial score (nSPS) is 12.2. The number of ether oxygens (including phenoxy) is 1. The number of aryl methyl sites for hydroxylation is 1. The lowest BCUT2D eigenvalue weighted by atomic mass is 9.97. The number of methoxy groups -OCH3 is 1. The highest BCUT2D eigenvalue weighted by Crippen LogP contribution is 2.29. The van der Waals surface area contributed by atoms with Gasteiger partial charge in [0.1, 0.15) is 11.6 Å². The van der Waals surface area contributed by atoms with Crippen LogP contribution in [0.3, 0.4) is 0 Å². The molecule has 0 saturated carbocycles. The van der Waals surface area contributed by atoms with Crippen LogP contribution in [0, 0.1) is 12.7 Å². The Morgan fingerprint density at radius 3 is 2.67 bits per heavy atom. The molecule has 0 aliphatic rings. The van der Waals surface area contributed by atoms with Crippen molar-refractivity contribution < 1.29 is 9.13 Å². The summed E-state index contributed by atoms with van der Waals surface area (Å²) in [5, 5.41) is 0. The van der Waals surface area contributed by atoms with Crippen LogP contribution < -0.4 is 16.0 Å². The smallest absolute Gasteiger partial charge is 0.124 e. The summed E-state index contributed by atoms with van der Waals surface area (Å²) < 4.78 is 19.3. The molecular formula is C16H18BrFN2O. The molecule has 5 heteroatoms.